The van der Waals surface area contributed by atoms with Gasteiger partial charge in [-0.25, -0.2) is 0 Å². The predicted molar refractivity (Wildman–Crippen MR) is 53.3 cm³/mol. The third-order valence-electron chi connectivity index (χ3n) is 1.93. The van der Waals surface area contributed by atoms with E-state index in [9.17, 15) is 4.79 Å². The van der Waals surface area contributed by atoms with Crippen molar-refractivity contribution in [2.75, 3.05) is 6.61 Å². The quantitative estimate of drug-likeness (QED) is 0.728. The Morgan fingerprint density at radius 1 is 1.23 bits per heavy atom. The van der Waals surface area contributed by atoms with Crippen LogP contribution in [0.5, 0.6) is 0 Å². The lowest BCUT2D eigenvalue weighted by Gasteiger charge is -2.24. The number of hydrogen-bond donors (Lipinski definition) is 1. The third-order valence-corrected chi connectivity index (χ3v) is 1.93. The maximum absolute atomic E-state index is 10.9. The van der Waals surface area contributed by atoms with Gasteiger partial charge in [0.15, 0.2) is 0 Å². The van der Waals surface area contributed by atoms with Crippen LogP contribution in [0.15, 0.2) is 0 Å². The van der Waals surface area contributed by atoms with Crippen molar-refractivity contribution in [3.63, 3.8) is 0 Å². The van der Waals surface area contributed by atoms with E-state index in [0.29, 0.717) is 13.0 Å². The van der Waals surface area contributed by atoms with Gasteiger partial charge in [0.25, 0.3) is 0 Å². The molecule has 0 aromatic heterocycles. The molecule has 1 amide bonds. The van der Waals surface area contributed by atoms with Gasteiger partial charge < -0.3 is 10.5 Å². The molecule has 0 heterocycles. The summed E-state index contributed by atoms with van der Waals surface area (Å²) in [4.78, 5) is 10.9. The van der Waals surface area contributed by atoms with Gasteiger partial charge in [-0.15, -0.1) is 0 Å². The topological polar surface area (TPSA) is 52.3 Å². The summed E-state index contributed by atoms with van der Waals surface area (Å²) in [6.07, 6.45) is 0.666. The Morgan fingerprint density at radius 2 is 1.69 bits per heavy atom. The van der Waals surface area contributed by atoms with Gasteiger partial charge in [0, 0.05) is 12.0 Å². The fraction of sp³-hybridized carbons (Fsp3) is 0.900. The SMILES string of the molecule is CC(C)(C)OCCC(C)(C)C(N)=O. The van der Waals surface area contributed by atoms with Crippen molar-refractivity contribution in [3.05, 3.63) is 0 Å². The summed E-state index contributed by atoms with van der Waals surface area (Å²) in [7, 11) is 0. The second-order valence-electron chi connectivity index (χ2n) is 4.96. The van der Waals surface area contributed by atoms with Crippen molar-refractivity contribution >= 4 is 5.91 Å². The Labute approximate surface area is 80.6 Å². The Bertz CT molecular complexity index is 180. The molecule has 0 aliphatic heterocycles. The second-order valence-corrected chi connectivity index (χ2v) is 4.96. The first-order valence-electron chi connectivity index (χ1n) is 4.59. The van der Waals surface area contributed by atoms with E-state index in [1.165, 1.54) is 0 Å². The molecule has 0 aromatic rings. The lowest BCUT2D eigenvalue weighted by atomic mass is 9.89. The van der Waals surface area contributed by atoms with E-state index < -0.39 is 5.41 Å². The van der Waals surface area contributed by atoms with Gasteiger partial charge in [0.05, 0.1) is 5.60 Å². The molecule has 0 unspecified atom stereocenters. The molecule has 0 saturated heterocycles. The molecule has 0 rings (SSSR count). The van der Waals surface area contributed by atoms with E-state index in [1.54, 1.807) is 0 Å². The smallest absolute Gasteiger partial charge is 0.223 e. The van der Waals surface area contributed by atoms with E-state index in [0.717, 1.165) is 0 Å². The van der Waals surface area contributed by atoms with Crippen LogP contribution < -0.4 is 5.73 Å². The van der Waals surface area contributed by atoms with Crippen LogP contribution in [0.2, 0.25) is 0 Å². The fourth-order valence-corrected chi connectivity index (χ4v) is 0.736. The molecular weight excluding hydrogens is 166 g/mol. The van der Waals surface area contributed by atoms with E-state index in [2.05, 4.69) is 0 Å². The van der Waals surface area contributed by atoms with Gasteiger partial charge in [0.1, 0.15) is 0 Å². The number of carbonyl (C=O) groups is 1. The standard InChI is InChI=1S/C10H21NO2/c1-9(2,3)13-7-6-10(4,5)8(11)12/h6-7H2,1-5H3,(H2,11,12). The first-order chi connectivity index (χ1) is 5.65. The Balaban J connectivity index is 3.84. The summed E-state index contributed by atoms with van der Waals surface area (Å²) in [6, 6.07) is 0. The van der Waals surface area contributed by atoms with Gasteiger partial charge >= 0.3 is 0 Å². The first-order valence-corrected chi connectivity index (χ1v) is 4.59. The van der Waals surface area contributed by atoms with Crippen LogP contribution in [0.3, 0.4) is 0 Å². The van der Waals surface area contributed by atoms with Crippen molar-refractivity contribution in [3.8, 4) is 0 Å². The predicted octanol–water partition coefficient (Wildman–Crippen LogP) is 1.70. The van der Waals surface area contributed by atoms with Crippen LogP contribution >= 0.6 is 0 Å². The molecule has 0 aliphatic rings. The molecule has 3 heteroatoms. The molecule has 0 fully saturated rings. The number of ether oxygens (including phenoxy) is 1. The zero-order valence-corrected chi connectivity index (χ0v) is 9.31. The summed E-state index contributed by atoms with van der Waals surface area (Å²) in [5, 5.41) is 0. The minimum Gasteiger partial charge on any atom is -0.376 e. The number of amides is 1. The van der Waals surface area contributed by atoms with Gasteiger partial charge in [-0.2, -0.15) is 0 Å². The second kappa shape index (κ2) is 4.09. The van der Waals surface area contributed by atoms with Crippen molar-refractivity contribution in [1.29, 1.82) is 0 Å². The minimum absolute atomic E-state index is 0.145. The molecule has 0 aromatic carbocycles. The maximum Gasteiger partial charge on any atom is 0.223 e. The highest BCUT2D eigenvalue weighted by Crippen LogP contribution is 2.20. The van der Waals surface area contributed by atoms with E-state index >= 15 is 0 Å². The summed E-state index contributed by atoms with van der Waals surface area (Å²) >= 11 is 0. The van der Waals surface area contributed by atoms with Crippen LogP contribution in [0.4, 0.5) is 0 Å². The van der Waals surface area contributed by atoms with Crippen LogP contribution in [0, 0.1) is 5.41 Å². The van der Waals surface area contributed by atoms with Gasteiger partial charge in [-0.05, 0) is 27.2 Å². The van der Waals surface area contributed by atoms with Crippen LogP contribution in [-0.4, -0.2) is 18.1 Å². The summed E-state index contributed by atoms with van der Waals surface area (Å²) in [5.41, 5.74) is 4.61. The van der Waals surface area contributed by atoms with Crippen molar-refractivity contribution in [1.82, 2.24) is 0 Å². The number of carbonyl (C=O) groups excluding carboxylic acids is 1. The first kappa shape index (κ1) is 12.4. The summed E-state index contributed by atoms with van der Waals surface area (Å²) in [6.45, 7) is 10.2. The lowest BCUT2D eigenvalue weighted by molar-refractivity contribution is -0.127. The Morgan fingerprint density at radius 3 is 2.00 bits per heavy atom. The third kappa shape index (κ3) is 5.64. The molecule has 2 N–H and O–H groups in total. The molecule has 0 radical (unpaired) electrons. The van der Waals surface area contributed by atoms with Crippen molar-refractivity contribution in [2.45, 2.75) is 46.6 Å². The number of rotatable bonds is 4. The molecule has 3 nitrogen and oxygen atoms in total. The van der Waals surface area contributed by atoms with Gasteiger partial charge in [-0.3, -0.25) is 4.79 Å². The van der Waals surface area contributed by atoms with Crippen LogP contribution in [-0.2, 0) is 9.53 Å². The highest BCUT2D eigenvalue weighted by Gasteiger charge is 2.25. The average molecular weight is 187 g/mol. The van der Waals surface area contributed by atoms with Crippen LogP contribution in [0.25, 0.3) is 0 Å². The molecule has 0 atom stereocenters. The normalized spacial score (nSPS) is 13.0. The number of primary amides is 1. The zero-order chi connectivity index (χ0) is 10.7. The van der Waals surface area contributed by atoms with E-state index in [-0.39, 0.29) is 11.5 Å². The largest absolute Gasteiger partial charge is 0.376 e. The van der Waals surface area contributed by atoms with Crippen LogP contribution in [0.1, 0.15) is 41.0 Å². The molecule has 78 valence electrons. The monoisotopic (exact) mass is 187 g/mol. The van der Waals surface area contributed by atoms with E-state index in [4.69, 9.17) is 10.5 Å². The molecule has 0 aliphatic carbocycles. The fourth-order valence-electron chi connectivity index (χ4n) is 0.736. The van der Waals surface area contributed by atoms with Gasteiger partial charge in [0.2, 0.25) is 5.91 Å². The molecule has 0 spiro atoms. The Hall–Kier alpha value is -0.570. The maximum atomic E-state index is 10.9. The summed E-state index contributed by atoms with van der Waals surface area (Å²) in [5.74, 6) is -0.273. The van der Waals surface area contributed by atoms with Gasteiger partial charge in [-0.1, -0.05) is 13.8 Å². The van der Waals surface area contributed by atoms with E-state index in [1.807, 2.05) is 34.6 Å². The molecule has 0 bridgehead atoms. The zero-order valence-electron chi connectivity index (χ0n) is 9.31. The van der Waals surface area contributed by atoms with Crippen molar-refractivity contribution in [2.24, 2.45) is 11.1 Å². The van der Waals surface area contributed by atoms with Crippen molar-refractivity contribution < 1.29 is 9.53 Å². The number of hydrogen-bond acceptors (Lipinski definition) is 2. The molecule has 13 heavy (non-hydrogen) atoms. The molecular formula is C10H21NO2. The lowest BCUT2D eigenvalue weighted by Crippen LogP contribution is -2.33. The summed E-state index contributed by atoms with van der Waals surface area (Å²) < 4.78 is 5.51. The number of nitrogens with two attached hydrogens (primary N) is 1. The molecule has 0 saturated carbocycles. The minimum atomic E-state index is -0.467. The highest BCUT2D eigenvalue weighted by molar-refractivity contribution is 5.79. The highest BCUT2D eigenvalue weighted by atomic mass is 16.5. The Kier molecular flexibility index (Phi) is 3.91. The average Bonchev–Trinajstić information content (AvgIpc) is 1.82.